The zero-order valence-corrected chi connectivity index (χ0v) is 9.53. The maximum atomic E-state index is 5.46. The lowest BCUT2D eigenvalue weighted by molar-refractivity contribution is 0.303. The van der Waals surface area contributed by atoms with Crippen LogP contribution in [-0.4, -0.2) is 43.8 Å². The summed E-state index contributed by atoms with van der Waals surface area (Å²) < 4.78 is 5.46. The second kappa shape index (κ2) is 6.19. The molecule has 0 saturated carbocycles. The van der Waals surface area contributed by atoms with Gasteiger partial charge in [-0.3, -0.25) is 0 Å². The second-order valence-corrected chi connectivity index (χ2v) is 3.29. The summed E-state index contributed by atoms with van der Waals surface area (Å²) in [6.45, 7) is 4.47. The van der Waals surface area contributed by atoms with Crippen LogP contribution in [0.25, 0.3) is 0 Å². The first-order valence-electron chi connectivity index (χ1n) is 5.08. The fraction of sp³-hybridized carbons (Fsp3) is 0.600. The number of hydrogen-bond donors (Lipinski definition) is 1. The van der Waals surface area contributed by atoms with Gasteiger partial charge >= 0.3 is 0 Å². The third-order valence-electron chi connectivity index (χ3n) is 1.80. The lowest BCUT2D eigenvalue weighted by Gasteiger charge is -2.11. The summed E-state index contributed by atoms with van der Waals surface area (Å²) >= 11 is 0. The molecule has 0 radical (unpaired) electrons. The Morgan fingerprint density at radius 1 is 1.47 bits per heavy atom. The molecule has 5 heteroatoms. The van der Waals surface area contributed by atoms with Gasteiger partial charge in [-0.05, 0) is 6.54 Å². The first kappa shape index (κ1) is 11.7. The summed E-state index contributed by atoms with van der Waals surface area (Å²) in [4.78, 5) is 10.2. The van der Waals surface area contributed by atoms with Crippen molar-refractivity contribution in [3.63, 3.8) is 0 Å². The molecule has 0 atom stereocenters. The van der Waals surface area contributed by atoms with Crippen molar-refractivity contribution in [3.05, 3.63) is 12.3 Å². The number of nitrogens with one attached hydrogen (secondary N) is 1. The maximum Gasteiger partial charge on any atom is 0.228 e. The van der Waals surface area contributed by atoms with Crippen LogP contribution in [0.2, 0.25) is 0 Å². The zero-order valence-electron chi connectivity index (χ0n) is 9.53. The summed E-state index contributed by atoms with van der Waals surface area (Å²) in [6.07, 6.45) is 1.70. The van der Waals surface area contributed by atoms with Gasteiger partial charge in [0.15, 0.2) is 0 Å². The largest absolute Gasteiger partial charge is 0.476 e. The van der Waals surface area contributed by atoms with Gasteiger partial charge in [0, 0.05) is 32.9 Å². The minimum absolute atomic E-state index is 0.617. The van der Waals surface area contributed by atoms with E-state index >= 15 is 0 Å². The SMILES string of the molecule is CCNCCOc1ccnc(N(C)C)n1. The van der Waals surface area contributed by atoms with Crippen LogP contribution in [0.5, 0.6) is 5.88 Å². The fourth-order valence-corrected chi connectivity index (χ4v) is 1.03. The van der Waals surface area contributed by atoms with Crippen LogP contribution in [0.15, 0.2) is 12.3 Å². The van der Waals surface area contributed by atoms with Gasteiger partial charge in [0.25, 0.3) is 0 Å². The monoisotopic (exact) mass is 210 g/mol. The minimum atomic E-state index is 0.617. The molecule has 0 aliphatic carbocycles. The molecule has 0 saturated heterocycles. The van der Waals surface area contributed by atoms with Crippen molar-refractivity contribution in [1.29, 1.82) is 0 Å². The van der Waals surface area contributed by atoms with Crippen LogP contribution < -0.4 is 15.0 Å². The Hall–Kier alpha value is -1.36. The number of nitrogens with zero attached hydrogens (tertiary/aromatic N) is 3. The summed E-state index contributed by atoms with van der Waals surface area (Å²) in [5, 5.41) is 3.18. The van der Waals surface area contributed by atoms with Crippen molar-refractivity contribution in [2.75, 3.05) is 38.7 Å². The van der Waals surface area contributed by atoms with Gasteiger partial charge in [-0.15, -0.1) is 0 Å². The van der Waals surface area contributed by atoms with Gasteiger partial charge in [-0.1, -0.05) is 6.92 Å². The Bertz CT molecular complexity index is 291. The second-order valence-electron chi connectivity index (χ2n) is 3.29. The quantitative estimate of drug-likeness (QED) is 0.694. The van der Waals surface area contributed by atoms with E-state index in [2.05, 4.69) is 22.2 Å². The predicted octanol–water partition coefficient (Wildman–Crippen LogP) is 0.531. The topological polar surface area (TPSA) is 50.3 Å². The molecule has 1 N–H and O–H groups in total. The average Bonchev–Trinajstić information content (AvgIpc) is 2.25. The highest BCUT2D eigenvalue weighted by molar-refractivity contribution is 5.29. The molecule has 1 rings (SSSR count). The van der Waals surface area contributed by atoms with Crippen molar-refractivity contribution in [3.8, 4) is 5.88 Å². The van der Waals surface area contributed by atoms with Crippen LogP contribution in [-0.2, 0) is 0 Å². The van der Waals surface area contributed by atoms with E-state index < -0.39 is 0 Å². The van der Waals surface area contributed by atoms with Crippen molar-refractivity contribution < 1.29 is 4.74 Å². The lowest BCUT2D eigenvalue weighted by atomic mass is 10.6. The highest BCUT2D eigenvalue weighted by Crippen LogP contribution is 2.09. The lowest BCUT2D eigenvalue weighted by Crippen LogP contribution is -2.21. The van der Waals surface area contributed by atoms with Crippen molar-refractivity contribution >= 4 is 5.95 Å². The van der Waals surface area contributed by atoms with E-state index in [9.17, 15) is 0 Å². The minimum Gasteiger partial charge on any atom is -0.476 e. The van der Waals surface area contributed by atoms with Gasteiger partial charge in [-0.2, -0.15) is 4.98 Å². The van der Waals surface area contributed by atoms with Crippen LogP contribution in [0.1, 0.15) is 6.92 Å². The fourth-order valence-electron chi connectivity index (χ4n) is 1.03. The van der Waals surface area contributed by atoms with Gasteiger partial charge in [-0.25, -0.2) is 4.98 Å². The molecule has 5 nitrogen and oxygen atoms in total. The van der Waals surface area contributed by atoms with Crippen LogP contribution >= 0.6 is 0 Å². The van der Waals surface area contributed by atoms with Crippen LogP contribution in [0.4, 0.5) is 5.95 Å². The Labute approximate surface area is 90.5 Å². The molecule has 1 aromatic heterocycles. The number of anilines is 1. The summed E-state index contributed by atoms with van der Waals surface area (Å²) in [7, 11) is 3.80. The Balaban J connectivity index is 2.43. The van der Waals surface area contributed by atoms with E-state index in [0.717, 1.165) is 13.1 Å². The van der Waals surface area contributed by atoms with Crippen LogP contribution in [0, 0.1) is 0 Å². The van der Waals surface area contributed by atoms with Gasteiger partial charge < -0.3 is 15.0 Å². The number of ether oxygens (including phenoxy) is 1. The van der Waals surface area contributed by atoms with E-state index in [1.165, 1.54) is 0 Å². The molecular weight excluding hydrogens is 192 g/mol. The molecule has 0 amide bonds. The van der Waals surface area contributed by atoms with Gasteiger partial charge in [0.05, 0.1) is 0 Å². The van der Waals surface area contributed by atoms with E-state index in [1.54, 1.807) is 12.3 Å². The first-order chi connectivity index (χ1) is 7.24. The van der Waals surface area contributed by atoms with Gasteiger partial charge in [0.2, 0.25) is 11.8 Å². The molecule has 1 aromatic rings. The Morgan fingerprint density at radius 3 is 2.93 bits per heavy atom. The van der Waals surface area contributed by atoms with E-state index in [0.29, 0.717) is 18.4 Å². The summed E-state index contributed by atoms with van der Waals surface area (Å²) in [5.74, 6) is 1.28. The average molecular weight is 210 g/mol. The molecule has 84 valence electrons. The van der Waals surface area contributed by atoms with Crippen LogP contribution in [0.3, 0.4) is 0 Å². The smallest absolute Gasteiger partial charge is 0.228 e. The maximum absolute atomic E-state index is 5.46. The molecule has 0 spiro atoms. The van der Waals surface area contributed by atoms with Crippen molar-refractivity contribution in [2.24, 2.45) is 0 Å². The Kier molecular flexibility index (Phi) is 4.83. The molecular formula is C10H18N4O. The zero-order chi connectivity index (χ0) is 11.1. The molecule has 0 aliphatic rings. The van der Waals surface area contributed by atoms with E-state index in [-0.39, 0.29) is 0 Å². The molecule has 0 aliphatic heterocycles. The van der Waals surface area contributed by atoms with Crippen molar-refractivity contribution in [2.45, 2.75) is 6.92 Å². The van der Waals surface area contributed by atoms with E-state index in [4.69, 9.17) is 4.74 Å². The van der Waals surface area contributed by atoms with E-state index in [1.807, 2.05) is 19.0 Å². The third kappa shape index (κ3) is 4.12. The molecule has 0 fully saturated rings. The number of likely N-dealkylation sites (N-methyl/N-ethyl adjacent to an activating group) is 1. The summed E-state index contributed by atoms with van der Waals surface area (Å²) in [5.41, 5.74) is 0. The highest BCUT2D eigenvalue weighted by Gasteiger charge is 2.00. The molecule has 0 bridgehead atoms. The molecule has 0 aromatic carbocycles. The molecule has 15 heavy (non-hydrogen) atoms. The standard InChI is InChI=1S/C10H18N4O/c1-4-11-7-8-15-9-5-6-12-10(13-9)14(2)3/h5-6,11H,4,7-8H2,1-3H3. The number of aromatic nitrogens is 2. The Morgan fingerprint density at radius 2 is 2.27 bits per heavy atom. The highest BCUT2D eigenvalue weighted by atomic mass is 16.5. The predicted molar refractivity (Wildman–Crippen MR) is 60.4 cm³/mol. The first-order valence-corrected chi connectivity index (χ1v) is 5.08. The normalized spacial score (nSPS) is 10.1. The summed E-state index contributed by atoms with van der Waals surface area (Å²) in [6, 6.07) is 1.76. The van der Waals surface area contributed by atoms with Crippen molar-refractivity contribution in [1.82, 2.24) is 15.3 Å². The number of rotatable bonds is 6. The molecule has 0 unspecified atom stereocenters. The third-order valence-corrected chi connectivity index (χ3v) is 1.80. The molecule has 1 heterocycles. The number of hydrogen-bond acceptors (Lipinski definition) is 5. The van der Waals surface area contributed by atoms with Gasteiger partial charge in [0.1, 0.15) is 6.61 Å².